The van der Waals surface area contributed by atoms with E-state index < -0.39 is 34.5 Å². The Hall–Kier alpha value is -2.01. The lowest BCUT2D eigenvalue weighted by atomic mass is 10.0. The lowest BCUT2D eigenvalue weighted by Gasteiger charge is -2.08. The quantitative estimate of drug-likeness (QED) is 0.901. The molecule has 0 atom stereocenters. The van der Waals surface area contributed by atoms with Gasteiger partial charge in [0.2, 0.25) is 0 Å². The summed E-state index contributed by atoms with van der Waals surface area (Å²) in [6.45, 7) is 0. The van der Waals surface area contributed by atoms with Crippen molar-refractivity contribution in [1.29, 1.82) is 0 Å². The van der Waals surface area contributed by atoms with E-state index in [1.54, 1.807) is 0 Å². The second kappa shape index (κ2) is 4.93. The molecule has 0 unspecified atom stereocenters. The first-order valence-corrected chi connectivity index (χ1v) is 5.46. The molecule has 98 valence electrons. The largest absolute Gasteiger partial charge is 0.478 e. The zero-order chi connectivity index (χ0) is 14.2. The van der Waals surface area contributed by atoms with Crippen molar-refractivity contribution in [2.45, 2.75) is 0 Å². The van der Waals surface area contributed by atoms with Crippen LogP contribution in [-0.2, 0) is 0 Å². The summed E-state index contributed by atoms with van der Waals surface area (Å²) in [7, 11) is 0. The van der Waals surface area contributed by atoms with Gasteiger partial charge < -0.3 is 5.11 Å². The summed E-state index contributed by atoms with van der Waals surface area (Å²) in [6, 6.07) is 5.17. The Morgan fingerprint density at radius 1 is 1.05 bits per heavy atom. The average molecular weight is 287 g/mol. The Morgan fingerprint density at radius 2 is 1.74 bits per heavy atom. The minimum atomic E-state index is -1.44. The molecule has 0 fully saturated rings. The third kappa shape index (κ3) is 2.42. The standard InChI is InChI=1S/C13H6ClF3O2/c14-9-3-1-2-7(11(9)16)8-4-6(13(18)19)5-10(15)12(8)17/h1-5H,(H,18,19). The molecule has 0 aliphatic heterocycles. The van der Waals surface area contributed by atoms with Gasteiger partial charge in [-0.2, -0.15) is 0 Å². The summed E-state index contributed by atoms with van der Waals surface area (Å²) in [4.78, 5) is 10.8. The van der Waals surface area contributed by atoms with Gasteiger partial charge in [0, 0.05) is 11.1 Å². The predicted octanol–water partition coefficient (Wildman–Crippen LogP) is 4.12. The second-order valence-electron chi connectivity index (χ2n) is 3.73. The van der Waals surface area contributed by atoms with Gasteiger partial charge in [0.25, 0.3) is 0 Å². The molecule has 2 nitrogen and oxygen atoms in total. The number of carboxylic acids is 1. The van der Waals surface area contributed by atoms with Crippen LogP contribution in [0.4, 0.5) is 13.2 Å². The second-order valence-corrected chi connectivity index (χ2v) is 4.13. The molecular weight excluding hydrogens is 281 g/mol. The molecule has 0 saturated heterocycles. The molecule has 0 bridgehead atoms. The first-order chi connectivity index (χ1) is 8.91. The summed E-state index contributed by atoms with van der Waals surface area (Å²) in [5, 5.41) is 8.52. The zero-order valence-corrected chi connectivity index (χ0v) is 10.0. The highest BCUT2D eigenvalue weighted by Crippen LogP contribution is 2.31. The van der Waals surface area contributed by atoms with Gasteiger partial charge in [-0.05, 0) is 18.2 Å². The van der Waals surface area contributed by atoms with Crippen molar-refractivity contribution in [3.63, 3.8) is 0 Å². The van der Waals surface area contributed by atoms with E-state index in [2.05, 4.69) is 0 Å². The first-order valence-electron chi connectivity index (χ1n) is 5.08. The third-order valence-electron chi connectivity index (χ3n) is 2.52. The van der Waals surface area contributed by atoms with Crippen LogP contribution < -0.4 is 0 Å². The number of halogens is 4. The molecule has 0 aromatic heterocycles. The first kappa shape index (κ1) is 13.4. The van der Waals surface area contributed by atoms with Gasteiger partial charge in [0.15, 0.2) is 11.6 Å². The van der Waals surface area contributed by atoms with Crippen LogP contribution in [0.3, 0.4) is 0 Å². The Balaban J connectivity index is 2.74. The molecule has 0 spiro atoms. The smallest absolute Gasteiger partial charge is 0.335 e. The topological polar surface area (TPSA) is 37.3 Å². The molecule has 0 amide bonds. The summed E-state index contributed by atoms with van der Waals surface area (Å²) in [5.41, 5.74) is -1.27. The van der Waals surface area contributed by atoms with Crippen molar-refractivity contribution in [3.8, 4) is 11.1 Å². The minimum Gasteiger partial charge on any atom is -0.478 e. The summed E-state index contributed by atoms with van der Waals surface area (Å²) >= 11 is 5.55. The van der Waals surface area contributed by atoms with E-state index in [-0.39, 0.29) is 10.6 Å². The third-order valence-corrected chi connectivity index (χ3v) is 2.81. The van der Waals surface area contributed by atoms with Crippen molar-refractivity contribution in [2.24, 2.45) is 0 Å². The lowest BCUT2D eigenvalue weighted by Crippen LogP contribution is -2.01. The van der Waals surface area contributed by atoms with E-state index >= 15 is 0 Å². The summed E-state index contributed by atoms with van der Waals surface area (Å²) < 4.78 is 40.8. The van der Waals surface area contributed by atoms with Gasteiger partial charge in [-0.3, -0.25) is 0 Å². The molecule has 0 radical (unpaired) electrons. The van der Waals surface area contributed by atoms with Gasteiger partial charge in [-0.1, -0.05) is 23.7 Å². The summed E-state index contributed by atoms with van der Waals surface area (Å²) in [5.74, 6) is -5.08. The van der Waals surface area contributed by atoms with Gasteiger partial charge in [-0.25, -0.2) is 18.0 Å². The van der Waals surface area contributed by atoms with Crippen molar-refractivity contribution in [2.75, 3.05) is 0 Å². The van der Waals surface area contributed by atoms with E-state index in [4.69, 9.17) is 16.7 Å². The number of carboxylic acid groups (broad SMARTS) is 1. The molecule has 0 aliphatic rings. The van der Waals surface area contributed by atoms with Crippen LogP contribution in [0.2, 0.25) is 5.02 Å². The Labute approximate surface area is 111 Å². The molecule has 6 heteroatoms. The maximum atomic E-state index is 13.8. The Kier molecular flexibility index (Phi) is 3.48. The van der Waals surface area contributed by atoms with Gasteiger partial charge in [0.05, 0.1) is 10.6 Å². The SMILES string of the molecule is O=C(O)c1cc(F)c(F)c(-c2cccc(Cl)c2F)c1. The number of hydrogen-bond donors (Lipinski definition) is 1. The van der Waals surface area contributed by atoms with Crippen LogP contribution in [0.5, 0.6) is 0 Å². The monoisotopic (exact) mass is 286 g/mol. The molecule has 0 saturated carbocycles. The molecule has 2 aromatic carbocycles. The number of carbonyl (C=O) groups is 1. The fourth-order valence-corrected chi connectivity index (χ4v) is 1.79. The molecule has 0 aliphatic carbocycles. The Morgan fingerprint density at radius 3 is 2.37 bits per heavy atom. The molecule has 0 heterocycles. The van der Waals surface area contributed by atoms with Crippen LogP contribution in [0, 0.1) is 17.5 Å². The lowest BCUT2D eigenvalue weighted by molar-refractivity contribution is 0.0696. The fourth-order valence-electron chi connectivity index (χ4n) is 1.62. The van der Waals surface area contributed by atoms with Crippen molar-refractivity contribution in [3.05, 3.63) is 58.4 Å². The van der Waals surface area contributed by atoms with Crippen LogP contribution in [0.1, 0.15) is 10.4 Å². The highest BCUT2D eigenvalue weighted by molar-refractivity contribution is 6.31. The van der Waals surface area contributed by atoms with Gasteiger partial charge in [-0.15, -0.1) is 0 Å². The number of benzene rings is 2. The molecule has 2 rings (SSSR count). The fraction of sp³-hybridized carbons (Fsp3) is 0. The maximum absolute atomic E-state index is 13.8. The molecule has 2 aromatic rings. The summed E-state index contributed by atoms with van der Waals surface area (Å²) in [6.07, 6.45) is 0. The predicted molar refractivity (Wildman–Crippen MR) is 63.7 cm³/mol. The Bertz CT molecular complexity index is 671. The van der Waals surface area contributed by atoms with E-state index in [0.717, 1.165) is 6.07 Å². The van der Waals surface area contributed by atoms with E-state index in [9.17, 15) is 18.0 Å². The van der Waals surface area contributed by atoms with Crippen LogP contribution >= 0.6 is 11.6 Å². The van der Waals surface area contributed by atoms with Crippen molar-refractivity contribution < 1.29 is 23.1 Å². The van der Waals surface area contributed by atoms with Crippen LogP contribution in [0.15, 0.2) is 30.3 Å². The average Bonchev–Trinajstić information content (AvgIpc) is 2.36. The zero-order valence-electron chi connectivity index (χ0n) is 9.25. The van der Waals surface area contributed by atoms with Crippen molar-refractivity contribution >= 4 is 17.6 Å². The molecule has 19 heavy (non-hydrogen) atoms. The van der Waals surface area contributed by atoms with E-state index in [0.29, 0.717) is 6.07 Å². The molecular formula is C13H6ClF3O2. The highest BCUT2D eigenvalue weighted by atomic mass is 35.5. The van der Waals surface area contributed by atoms with E-state index in [1.165, 1.54) is 18.2 Å². The number of rotatable bonds is 2. The van der Waals surface area contributed by atoms with E-state index in [1.807, 2.05) is 0 Å². The molecule has 1 N–H and O–H groups in total. The number of aromatic carboxylic acids is 1. The van der Waals surface area contributed by atoms with Gasteiger partial charge >= 0.3 is 5.97 Å². The maximum Gasteiger partial charge on any atom is 0.335 e. The van der Waals surface area contributed by atoms with Crippen LogP contribution in [0.25, 0.3) is 11.1 Å². The minimum absolute atomic E-state index is 0.266. The highest BCUT2D eigenvalue weighted by Gasteiger charge is 2.19. The van der Waals surface area contributed by atoms with Crippen molar-refractivity contribution in [1.82, 2.24) is 0 Å². The number of hydrogen-bond acceptors (Lipinski definition) is 1. The van der Waals surface area contributed by atoms with Gasteiger partial charge in [0.1, 0.15) is 5.82 Å². The normalized spacial score (nSPS) is 10.5. The van der Waals surface area contributed by atoms with Crippen LogP contribution in [-0.4, -0.2) is 11.1 Å².